The Morgan fingerprint density at radius 3 is 1.69 bits per heavy atom. The maximum Gasteiger partial charge on any atom is 0.186 e. The maximum atomic E-state index is 13.3. The largest absolute Gasteiger partial charge is 0.491 e. The first-order valence-corrected chi connectivity index (χ1v) is 11.4. The van der Waals surface area contributed by atoms with Gasteiger partial charge in [-0.15, -0.1) is 0 Å². The number of hydrogen-bond acceptors (Lipinski definition) is 7. The molecule has 0 saturated carbocycles. The van der Waals surface area contributed by atoms with Gasteiger partial charge >= 0.3 is 0 Å². The third-order valence-electron chi connectivity index (χ3n) is 4.63. The van der Waals surface area contributed by atoms with Gasteiger partial charge in [-0.25, -0.2) is 0 Å². The van der Waals surface area contributed by atoms with Crippen molar-refractivity contribution in [3.05, 3.63) is 47.0 Å². The Hall–Kier alpha value is -2.18. The molecule has 0 aliphatic carbocycles. The van der Waals surface area contributed by atoms with E-state index in [0.29, 0.717) is 62.2 Å². The smallest absolute Gasteiger partial charge is 0.186 e. The molecule has 2 aromatic rings. The first-order valence-electron chi connectivity index (χ1n) is 10.4. The van der Waals surface area contributed by atoms with Crippen LogP contribution < -0.4 is 19.5 Å². The van der Waals surface area contributed by atoms with Gasteiger partial charge in [-0.2, -0.15) is 0 Å². The molecule has 0 aliphatic heterocycles. The summed E-state index contributed by atoms with van der Waals surface area (Å²) in [4.78, 5) is 13.3. The number of methoxy groups -OCH3 is 3. The van der Waals surface area contributed by atoms with Gasteiger partial charge in [0.25, 0.3) is 0 Å². The molecule has 0 N–H and O–H groups in total. The van der Waals surface area contributed by atoms with Crippen molar-refractivity contribution >= 4 is 19.4 Å². The molecule has 0 amide bonds. The third-order valence-corrected chi connectivity index (χ3v) is 5.85. The molecule has 0 saturated heterocycles. The number of aryl methyl sites for hydroxylation is 2. The van der Waals surface area contributed by atoms with Gasteiger partial charge in [-0.05, 0) is 33.6 Å². The molecule has 1 unspecified atom stereocenters. The van der Waals surface area contributed by atoms with E-state index in [1.165, 1.54) is 0 Å². The number of ether oxygens (including phenoxy) is 6. The van der Waals surface area contributed by atoms with E-state index >= 15 is 0 Å². The lowest BCUT2D eigenvalue weighted by Crippen LogP contribution is -2.17. The second-order valence-corrected chi connectivity index (χ2v) is 8.24. The summed E-state index contributed by atoms with van der Waals surface area (Å²) in [6.45, 7) is 6.24. The van der Waals surface area contributed by atoms with Crippen LogP contribution in [0.2, 0.25) is 0 Å². The Bertz CT molecular complexity index is 818. The van der Waals surface area contributed by atoms with E-state index < -0.39 is 0 Å². The molecule has 0 fully saturated rings. The van der Waals surface area contributed by atoms with Crippen LogP contribution >= 0.6 is 8.58 Å². The van der Waals surface area contributed by atoms with Gasteiger partial charge in [-0.1, -0.05) is 18.2 Å². The van der Waals surface area contributed by atoms with Gasteiger partial charge in [-0.3, -0.25) is 4.79 Å². The van der Waals surface area contributed by atoms with Crippen LogP contribution in [-0.2, 0) is 14.2 Å². The number of carbonyl (C=O) groups is 1. The monoisotopic (exact) mass is 464 g/mol. The summed E-state index contributed by atoms with van der Waals surface area (Å²) in [6.07, 6.45) is 0. The normalized spacial score (nSPS) is 11.2. The molecule has 2 rings (SSSR count). The lowest BCUT2D eigenvalue weighted by molar-refractivity contribution is 0.108. The highest BCUT2D eigenvalue weighted by molar-refractivity contribution is 7.66. The van der Waals surface area contributed by atoms with Crippen molar-refractivity contribution in [3.63, 3.8) is 0 Å². The van der Waals surface area contributed by atoms with Crippen molar-refractivity contribution in [2.75, 3.05) is 61.0 Å². The van der Waals surface area contributed by atoms with E-state index in [2.05, 4.69) is 0 Å². The second kappa shape index (κ2) is 14.1. The maximum absolute atomic E-state index is 13.3. The Morgan fingerprint density at radius 2 is 1.22 bits per heavy atom. The minimum atomic E-state index is -0.182. The molecule has 176 valence electrons. The summed E-state index contributed by atoms with van der Waals surface area (Å²) in [5.41, 5.74) is 2.66. The van der Waals surface area contributed by atoms with E-state index in [1.54, 1.807) is 33.5 Å². The standard InChI is InChI=1S/C24H33O7P/c1-17-7-6-8-18(2)22(17)24(25)32-23-20(30-13-10-27-4)15-19(29-12-9-26-3)16-21(23)31-14-11-28-5/h6-8,15-16,32H,9-14H2,1-5H3. The first kappa shape index (κ1) is 26.1. The Kier molecular flexibility index (Phi) is 11.5. The molecule has 0 bridgehead atoms. The Labute approximate surface area is 192 Å². The van der Waals surface area contributed by atoms with Gasteiger partial charge in [0.1, 0.15) is 37.1 Å². The van der Waals surface area contributed by atoms with Gasteiger partial charge in [0.05, 0.1) is 25.1 Å². The van der Waals surface area contributed by atoms with E-state index in [0.717, 1.165) is 16.7 Å². The molecular formula is C24H33O7P. The summed E-state index contributed by atoms with van der Waals surface area (Å²) in [6, 6.07) is 9.42. The molecule has 0 spiro atoms. The quantitative estimate of drug-likeness (QED) is 0.295. The van der Waals surface area contributed by atoms with Crippen LogP contribution in [0, 0.1) is 13.8 Å². The van der Waals surface area contributed by atoms with Crippen LogP contribution in [-0.4, -0.2) is 66.5 Å². The van der Waals surface area contributed by atoms with E-state index in [9.17, 15) is 4.79 Å². The summed E-state index contributed by atoms with van der Waals surface area (Å²) >= 11 is 0. The van der Waals surface area contributed by atoms with Crippen molar-refractivity contribution in [2.45, 2.75) is 13.8 Å². The molecule has 0 aliphatic rings. The van der Waals surface area contributed by atoms with Gasteiger partial charge in [0.2, 0.25) is 0 Å². The predicted molar refractivity (Wildman–Crippen MR) is 127 cm³/mol. The van der Waals surface area contributed by atoms with E-state index in [-0.39, 0.29) is 14.1 Å². The minimum absolute atomic E-state index is 0.0295. The zero-order valence-electron chi connectivity index (χ0n) is 19.5. The van der Waals surface area contributed by atoms with Gasteiger partial charge in [0.15, 0.2) is 5.52 Å². The highest BCUT2D eigenvalue weighted by atomic mass is 31.1. The second-order valence-electron chi connectivity index (χ2n) is 7.04. The van der Waals surface area contributed by atoms with Crippen LogP contribution in [0.1, 0.15) is 21.5 Å². The Morgan fingerprint density at radius 1 is 0.750 bits per heavy atom. The fourth-order valence-electron chi connectivity index (χ4n) is 3.06. The van der Waals surface area contributed by atoms with Crippen LogP contribution in [0.4, 0.5) is 0 Å². The van der Waals surface area contributed by atoms with Crippen molar-refractivity contribution in [2.24, 2.45) is 0 Å². The zero-order chi connectivity index (χ0) is 23.3. The average Bonchev–Trinajstić information content (AvgIpc) is 2.76. The third kappa shape index (κ3) is 7.75. The molecule has 0 heterocycles. The van der Waals surface area contributed by atoms with E-state index in [4.69, 9.17) is 28.4 Å². The first-order chi connectivity index (χ1) is 15.5. The average molecular weight is 464 g/mol. The van der Waals surface area contributed by atoms with Gasteiger partial charge < -0.3 is 28.4 Å². The fraction of sp³-hybridized carbons (Fsp3) is 0.458. The molecule has 0 aromatic heterocycles. The van der Waals surface area contributed by atoms with Crippen molar-refractivity contribution < 1.29 is 33.2 Å². The van der Waals surface area contributed by atoms with Crippen LogP contribution in [0.3, 0.4) is 0 Å². The number of hydrogen-bond donors (Lipinski definition) is 0. The summed E-state index contributed by atoms with van der Waals surface area (Å²) in [7, 11) is 4.66. The molecular weight excluding hydrogens is 431 g/mol. The SMILES string of the molecule is COCCOc1cc(OCCOC)c(PC(=O)c2c(C)cccc2C)c(OCCOC)c1. The Balaban J connectivity index is 2.42. The van der Waals surface area contributed by atoms with Crippen molar-refractivity contribution in [1.82, 2.24) is 0 Å². The zero-order valence-corrected chi connectivity index (χ0v) is 20.5. The fourth-order valence-corrected chi connectivity index (χ4v) is 4.34. The number of benzene rings is 2. The lowest BCUT2D eigenvalue weighted by Gasteiger charge is -2.19. The van der Waals surface area contributed by atoms with E-state index in [1.807, 2.05) is 32.0 Å². The topological polar surface area (TPSA) is 72.5 Å². The molecule has 2 aromatic carbocycles. The van der Waals surface area contributed by atoms with Crippen molar-refractivity contribution in [3.8, 4) is 17.2 Å². The summed E-state index contributed by atoms with van der Waals surface area (Å²) < 4.78 is 33.1. The highest BCUT2D eigenvalue weighted by Gasteiger charge is 2.21. The number of carbonyl (C=O) groups excluding carboxylic acids is 1. The predicted octanol–water partition coefficient (Wildman–Crippen LogP) is 3.52. The summed E-state index contributed by atoms with van der Waals surface area (Å²) in [5.74, 6) is 1.67. The van der Waals surface area contributed by atoms with Crippen LogP contribution in [0.25, 0.3) is 0 Å². The highest BCUT2D eigenvalue weighted by Crippen LogP contribution is 2.35. The molecule has 1 atom stereocenters. The summed E-state index contributed by atoms with van der Waals surface area (Å²) in [5, 5.41) is 0.698. The molecule has 0 radical (unpaired) electrons. The number of rotatable bonds is 15. The molecule has 8 heteroatoms. The molecule has 7 nitrogen and oxygen atoms in total. The van der Waals surface area contributed by atoms with Gasteiger partial charge in [0, 0.05) is 39.0 Å². The van der Waals surface area contributed by atoms with Crippen LogP contribution in [0.5, 0.6) is 17.2 Å². The van der Waals surface area contributed by atoms with Crippen molar-refractivity contribution in [1.29, 1.82) is 0 Å². The molecule has 32 heavy (non-hydrogen) atoms. The van der Waals surface area contributed by atoms with Crippen LogP contribution in [0.15, 0.2) is 30.3 Å². The minimum Gasteiger partial charge on any atom is -0.491 e. The lowest BCUT2D eigenvalue weighted by atomic mass is 10.0.